The number of anilines is 1. The van der Waals surface area contributed by atoms with E-state index in [9.17, 15) is 14.4 Å². The van der Waals surface area contributed by atoms with Crippen LogP contribution >= 0.6 is 0 Å². The summed E-state index contributed by atoms with van der Waals surface area (Å²) in [5.41, 5.74) is -0.982. The predicted molar refractivity (Wildman–Crippen MR) is 76.7 cm³/mol. The standard InChI is InChI=1S/C12H11N7O3/c1-17-9-8(10(20)18(2)12(17)22)15-6-19(9)11(21)16-7-5-13-3-4-14-7/h3-6H,1-2H3,(H,14,16,21). The number of aromatic nitrogens is 6. The molecule has 22 heavy (non-hydrogen) atoms. The lowest BCUT2D eigenvalue weighted by molar-refractivity contribution is 0.254. The van der Waals surface area contributed by atoms with E-state index in [0.29, 0.717) is 0 Å². The van der Waals surface area contributed by atoms with Crippen molar-refractivity contribution in [2.24, 2.45) is 14.1 Å². The number of aryl methyl sites for hydroxylation is 1. The number of hydrogen-bond acceptors (Lipinski definition) is 6. The Labute approximate surface area is 122 Å². The third-order valence-corrected chi connectivity index (χ3v) is 3.16. The number of amides is 1. The van der Waals surface area contributed by atoms with Crippen LogP contribution in [0.5, 0.6) is 0 Å². The maximum absolute atomic E-state index is 12.3. The maximum Gasteiger partial charge on any atom is 0.334 e. The molecular formula is C12H11N7O3. The fourth-order valence-corrected chi connectivity index (χ4v) is 2.06. The molecule has 0 spiro atoms. The van der Waals surface area contributed by atoms with Crippen molar-refractivity contribution in [2.45, 2.75) is 0 Å². The molecule has 0 aliphatic rings. The molecule has 10 heteroatoms. The SMILES string of the molecule is Cn1c(=O)c2ncn(C(=O)Nc3cnccn3)c2n(C)c1=O. The van der Waals surface area contributed by atoms with Gasteiger partial charge in [0.25, 0.3) is 5.56 Å². The van der Waals surface area contributed by atoms with Gasteiger partial charge in [0.1, 0.15) is 6.33 Å². The highest BCUT2D eigenvalue weighted by Crippen LogP contribution is 2.07. The van der Waals surface area contributed by atoms with Gasteiger partial charge in [0, 0.05) is 26.5 Å². The van der Waals surface area contributed by atoms with Gasteiger partial charge in [0.05, 0.1) is 6.20 Å². The summed E-state index contributed by atoms with van der Waals surface area (Å²) >= 11 is 0. The summed E-state index contributed by atoms with van der Waals surface area (Å²) in [5, 5.41) is 2.50. The summed E-state index contributed by atoms with van der Waals surface area (Å²) < 4.78 is 3.19. The first kappa shape index (κ1) is 13.7. The van der Waals surface area contributed by atoms with Crippen molar-refractivity contribution in [3.8, 4) is 0 Å². The van der Waals surface area contributed by atoms with E-state index in [0.717, 1.165) is 9.13 Å². The molecule has 0 aliphatic carbocycles. The normalized spacial score (nSPS) is 10.8. The van der Waals surface area contributed by atoms with Crippen molar-refractivity contribution >= 4 is 23.0 Å². The van der Waals surface area contributed by atoms with Crippen molar-refractivity contribution in [1.82, 2.24) is 28.7 Å². The Balaban J connectivity index is 2.15. The van der Waals surface area contributed by atoms with Crippen LogP contribution in [0.2, 0.25) is 0 Å². The van der Waals surface area contributed by atoms with Crippen LogP contribution in [0.3, 0.4) is 0 Å². The maximum atomic E-state index is 12.3. The summed E-state index contributed by atoms with van der Waals surface area (Å²) in [6.45, 7) is 0. The van der Waals surface area contributed by atoms with Gasteiger partial charge in [-0.1, -0.05) is 0 Å². The van der Waals surface area contributed by atoms with Crippen LogP contribution in [-0.2, 0) is 14.1 Å². The predicted octanol–water partition coefficient (Wildman–Crippen LogP) is -0.696. The molecule has 1 N–H and O–H groups in total. The Morgan fingerprint density at radius 3 is 2.59 bits per heavy atom. The highest BCUT2D eigenvalue weighted by molar-refractivity contribution is 5.95. The monoisotopic (exact) mass is 301 g/mol. The van der Waals surface area contributed by atoms with E-state index in [-0.39, 0.29) is 17.0 Å². The molecule has 0 fully saturated rings. The summed E-state index contributed by atoms with van der Waals surface area (Å²) in [6, 6.07) is -0.605. The molecule has 3 rings (SSSR count). The van der Waals surface area contributed by atoms with Crippen LogP contribution in [0.25, 0.3) is 11.2 Å². The number of nitrogens with zero attached hydrogens (tertiary/aromatic N) is 6. The van der Waals surface area contributed by atoms with Crippen molar-refractivity contribution in [3.05, 3.63) is 45.8 Å². The van der Waals surface area contributed by atoms with Crippen molar-refractivity contribution < 1.29 is 4.79 Å². The minimum Gasteiger partial charge on any atom is -0.290 e. The quantitative estimate of drug-likeness (QED) is 0.635. The molecule has 3 aromatic heterocycles. The molecule has 0 radical (unpaired) electrons. The van der Waals surface area contributed by atoms with E-state index in [4.69, 9.17) is 0 Å². The third-order valence-electron chi connectivity index (χ3n) is 3.16. The lowest BCUT2D eigenvalue weighted by Crippen LogP contribution is -2.38. The zero-order chi connectivity index (χ0) is 15.9. The van der Waals surface area contributed by atoms with Crippen LogP contribution in [-0.4, -0.2) is 34.7 Å². The first-order valence-corrected chi connectivity index (χ1v) is 6.21. The molecule has 1 amide bonds. The molecule has 0 atom stereocenters. The Hall–Kier alpha value is -3.30. The number of imidazole rings is 1. The number of rotatable bonds is 1. The number of carbonyl (C=O) groups is 1. The molecule has 0 aliphatic heterocycles. The van der Waals surface area contributed by atoms with Crippen molar-refractivity contribution in [3.63, 3.8) is 0 Å². The smallest absolute Gasteiger partial charge is 0.290 e. The third kappa shape index (κ3) is 1.97. The molecule has 0 saturated heterocycles. The van der Waals surface area contributed by atoms with Gasteiger partial charge in [0.15, 0.2) is 17.0 Å². The van der Waals surface area contributed by atoms with E-state index in [1.807, 2.05) is 0 Å². The van der Waals surface area contributed by atoms with Gasteiger partial charge in [-0.15, -0.1) is 0 Å². The van der Waals surface area contributed by atoms with E-state index in [1.165, 1.54) is 43.6 Å². The molecule has 0 unspecified atom stereocenters. The van der Waals surface area contributed by atoms with Crippen molar-refractivity contribution in [2.75, 3.05) is 5.32 Å². The molecule has 0 saturated carbocycles. The average molecular weight is 301 g/mol. The van der Waals surface area contributed by atoms with Crippen LogP contribution < -0.4 is 16.6 Å². The summed E-state index contributed by atoms with van der Waals surface area (Å²) in [4.78, 5) is 47.9. The van der Waals surface area contributed by atoms with Gasteiger partial charge in [-0.25, -0.2) is 24.1 Å². The topological polar surface area (TPSA) is 117 Å². The van der Waals surface area contributed by atoms with E-state index in [1.54, 1.807) is 0 Å². The number of carbonyl (C=O) groups excluding carboxylic acids is 1. The lowest BCUT2D eigenvalue weighted by atomic mass is 10.5. The molecule has 0 bridgehead atoms. The van der Waals surface area contributed by atoms with Gasteiger partial charge >= 0.3 is 11.7 Å². The Morgan fingerprint density at radius 1 is 1.14 bits per heavy atom. The highest BCUT2D eigenvalue weighted by Gasteiger charge is 2.18. The first-order valence-electron chi connectivity index (χ1n) is 6.21. The molecule has 3 aromatic rings. The van der Waals surface area contributed by atoms with Gasteiger partial charge in [-0.3, -0.25) is 24.2 Å². The first-order chi connectivity index (χ1) is 10.5. The second-order valence-corrected chi connectivity index (χ2v) is 4.51. The molecule has 3 heterocycles. The van der Waals surface area contributed by atoms with E-state index < -0.39 is 17.3 Å². The molecule has 10 nitrogen and oxygen atoms in total. The lowest BCUT2D eigenvalue weighted by Gasteiger charge is -2.08. The second kappa shape index (κ2) is 4.91. The zero-order valence-electron chi connectivity index (χ0n) is 11.7. The summed E-state index contributed by atoms with van der Waals surface area (Å²) in [5.74, 6) is 0.239. The molecule has 0 aromatic carbocycles. The number of nitrogens with one attached hydrogen (secondary N) is 1. The second-order valence-electron chi connectivity index (χ2n) is 4.51. The van der Waals surface area contributed by atoms with Gasteiger partial charge in [-0.2, -0.15) is 0 Å². The fraction of sp³-hybridized carbons (Fsp3) is 0.167. The Bertz CT molecular complexity index is 984. The average Bonchev–Trinajstić information content (AvgIpc) is 2.97. The van der Waals surface area contributed by atoms with Crippen LogP contribution in [0.1, 0.15) is 0 Å². The Kier molecular flexibility index (Phi) is 3.05. The minimum atomic E-state index is -0.605. The summed E-state index contributed by atoms with van der Waals surface area (Å²) in [6.07, 6.45) is 5.44. The largest absolute Gasteiger partial charge is 0.334 e. The summed E-state index contributed by atoms with van der Waals surface area (Å²) in [7, 11) is 2.81. The number of fused-ring (bicyclic) bond motifs is 1. The van der Waals surface area contributed by atoms with Gasteiger partial charge in [-0.05, 0) is 0 Å². The van der Waals surface area contributed by atoms with Crippen LogP contribution in [0, 0.1) is 0 Å². The van der Waals surface area contributed by atoms with Crippen molar-refractivity contribution in [1.29, 1.82) is 0 Å². The highest BCUT2D eigenvalue weighted by atomic mass is 16.2. The van der Waals surface area contributed by atoms with E-state index >= 15 is 0 Å². The Morgan fingerprint density at radius 2 is 1.91 bits per heavy atom. The fourth-order valence-electron chi connectivity index (χ4n) is 2.06. The van der Waals surface area contributed by atoms with Crippen LogP contribution in [0.4, 0.5) is 10.6 Å². The molecule has 112 valence electrons. The van der Waals surface area contributed by atoms with Gasteiger partial charge in [0.2, 0.25) is 0 Å². The minimum absolute atomic E-state index is 0.0268. The van der Waals surface area contributed by atoms with Gasteiger partial charge < -0.3 is 0 Å². The molecular weight excluding hydrogens is 290 g/mol. The zero-order valence-corrected chi connectivity index (χ0v) is 11.7. The number of hydrogen-bond donors (Lipinski definition) is 1. The van der Waals surface area contributed by atoms with E-state index in [2.05, 4.69) is 20.3 Å². The van der Waals surface area contributed by atoms with Crippen LogP contribution in [0.15, 0.2) is 34.5 Å².